The molecular weight excluding hydrogens is 318 g/mol. The molecule has 0 spiro atoms. The Bertz CT molecular complexity index is 707. The number of carbonyl (C=O) groups is 1. The average molecular weight is 343 g/mol. The molecule has 1 aliphatic heterocycles. The van der Waals surface area contributed by atoms with E-state index in [1.165, 1.54) is 0 Å². The van der Waals surface area contributed by atoms with Crippen molar-refractivity contribution in [1.82, 2.24) is 14.7 Å². The molecule has 0 unspecified atom stereocenters. The van der Waals surface area contributed by atoms with E-state index >= 15 is 0 Å². The maximum Gasteiger partial charge on any atom is 0.254 e. The minimum Gasteiger partial charge on any atom is -0.381 e. The Morgan fingerprint density at radius 3 is 2.84 bits per heavy atom. The molecule has 0 saturated carbocycles. The second kappa shape index (κ2) is 8.27. The molecular formula is C19H25N3O3. The standard InChI is InChI=1S/C19H25N3O3/c1-21(12-15-11-20-22(2)13-15)19(23)18-6-4-3-5-16(18)14-25-17-7-9-24-10-8-17/h3-6,11,13,17H,7-10,12,14H2,1-2H3. The molecule has 2 heterocycles. The molecule has 6 nitrogen and oxygen atoms in total. The highest BCUT2D eigenvalue weighted by Gasteiger charge is 2.19. The van der Waals surface area contributed by atoms with Crippen molar-refractivity contribution >= 4 is 5.91 Å². The largest absolute Gasteiger partial charge is 0.381 e. The van der Waals surface area contributed by atoms with Gasteiger partial charge in [0.2, 0.25) is 0 Å². The van der Waals surface area contributed by atoms with Gasteiger partial charge in [-0.25, -0.2) is 0 Å². The van der Waals surface area contributed by atoms with Crippen molar-refractivity contribution in [3.63, 3.8) is 0 Å². The van der Waals surface area contributed by atoms with Crippen LogP contribution in [0.4, 0.5) is 0 Å². The molecule has 0 bridgehead atoms. The van der Waals surface area contributed by atoms with Crippen molar-refractivity contribution in [1.29, 1.82) is 0 Å². The van der Waals surface area contributed by atoms with Gasteiger partial charge >= 0.3 is 0 Å². The number of benzene rings is 1. The molecule has 0 N–H and O–H groups in total. The van der Waals surface area contributed by atoms with Gasteiger partial charge in [0.25, 0.3) is 5.91 Å². The lowest BCUT2D eigenvalue weighted by Gasteiger charge is -2.23. The zero-order valence-electron chi connectivity index (χ0n) is 14.9. The van der Waals surface area contributed by atoms with Crippen LogP contribution < -0.4 is 0 Å². The normalized spacial score (nSPS) is 15.3. The van der Waals surface area contributed by atoms with Crippen LogP contribution in [-0.2, 0) is 29.7 Å². The first-order chi connectivity index (χ1) is 12.1. The predicted molar refractivity (Wildman–Crippen MR) is 94.1 cm³/mol. The Labute approximate surface area is 148 Å². The van der Waals surface area contributed by atoms with Crippen LogP contribution in [0.1, 0.15) is 34.3 Å². The molecule has 6 heteroatoms. The molecule has 1 saturated heterocycles. The molecule has 0 radical (unpaired) electrons. The van der Waals surface area contributed by atoms with Gasteiger partial charge in [-0.3, -0.25) is 9.48 Å². The van der Waals surface area contributed by atoms with Gasteiger partial charge in [0.15, 0.2) is 0 Å². The zero-order valence-corrected chi connectivity index (χ0v) is 14.9. The highest BCUT2D eigenvalue weighted by atomic mass is 16.5. The van der Waals surface area contributed by atoms with Gasteiger partial charge < -0.3 is 14.4 Å². The zero-order chi connectivity index (χ0) is 17.6. The first-order valence-corrected chi connectivity index (χ1v) is 8.63. The van der Waals surface area contributed by atoms with Crippen molar-refractivity contribution < 1.29 is 14.3 Å². The summed E-state index contributed by atoms with van der Waals surface area (Å²) in [5.41, 5.74) is 2.63. The second-order valence-electron chi connectivity index (χ2n) is 6.46. The van der Waals surface area contributed by atoms with Gasteiger partial charge in [0.05, 0.1) is 18.9 Å². The monoisotopic (exact) mass is 343 g/mol. The van der Waals surface area contributed by atoms with Crippen molar-refractivity contribution in [2.24, 2.45) is 7.05 Å². The topological polar surface area (TPSA) is 56.6 Å². The van der Waals surface area contributed by atoms with Crippen LogP contribution in [0.25, 0.3) is 0 Å². The Kier molecular flexibility index (Phi) is 5.83. The second-order valence-corrected chi connectivity index (χ2v) is 6.46. The molecule has 1 fully saturated rings. The Morgan fingerprint density at radius 1 is 1.36 bits per heavy atom. The van der Waals surface area contributed by atoms with E-state index in [9.17, 15) is 4.79 Å². The van der Waals surface area contributed by atoms with Gasteiger partial charge in [-0.2, -0.15) is 5.10 Å². The van der Waals surface area contributed by atoms with E-state index in [1.807, 2.05) is 44.6 Å². The first kappa shape index (κ1) is 17.6. The van der Waals surface area contributed by atoms with Gasteiger partial charge in [0, 0.05) is 51.2 Å². The third-order valence-corrected chi connectivity index (χ3v) is 4.42. The summed E-state index contributed by atoms with van der Waals surface area (Å²) in [6.07, 6.45) is 5.74. The van der Waals surface area contributed by atoms with E-state index < -0.39 is 0 Å². The maximum absolute atomic E-state index is 12.9. The number of hydrogen-bond donors (Lipinski definition) is 0. The van der Waals surface area contributed by atoms with E-state index in [4.69, 9.17) is 9.47 Å². The van der Waals surface area contributed by atoms with Crippen LogP contribution in [0, 0.1) is 0 Å². The number of carbonyl (C=O) groups excluding carboxylic acids is 1. The van der Waals surface area contributed by atoms with Crippen LogP contribution >= 0.6 is 0 Å². The van der Waals surface area contributed by atoms with Crippen LogP contribution in [0.3, 0.4) is 0 Å². The van der Waals surface area contributed by atoms with E-state index in [1.54, 1.807) is 15.8 Å². The summed E-state index contributed by atoms with van der Waals surface area (Å²) in [4.78, 5) is 14.6. The molecule has 0 aliphatic carbocycles. The number of aromatic nitrogens is 2. The van der Waals surface area contributed by atoms with E-state index in [2.05, 4.69) is 5.10 Å². The predicted octanol–water partition coefficient (Wildman–Crippen LogP) is 2.39. The quantitative estimate of drug-likeness (QED) is 0.808. The number of ether oxygens (including phenoxy) is 2. The summed E-state index contributed by atoms with van der Waals surface area (Å²) in [5.74, 6) is -0.00460. The third kappa shape index (κ3) is 4.67. The van der Waals surface area contributed by atoms with Crippen molar-refractivity contribution in [3.8, 4) is 0 Å². The fourth-order valence-electron chi connectivity index (χ4n) is 3.01. The van der Waals surface area contributed by atoms with E-state index in [0.717, 1.165) is 37.2 Å². The molecule has 2 aromatic rings. The van der Waals surface area contributed by atoms with Crippen molar-refractivity contribution in [2.45, 2.75) is 32.1 Å². The lowest BCUT2D eigenvalue weighted by molar-refractivity contribution is -0.0392. The van der Waals surface area contributed by atoms with Crippen molar-refractivity contribution in [2.75, 3.05) is 20.3 Å². The molecule has 0 atom stereocenters. The van der Waals surface area contributed by atoms with Gasteiger partial charge in [-0.15, -0.1) is 0 Å². The average Bonchev–Trinajstić information content (AvgIpc) is 3.05. The lowest BCUT2D eigenvalue weighted by Crippen LogP contribution is -2.28. The van der Waals surface area contributed by atoms with Gasteiger partial charge in [0.1, 0.15) is 0 Å². The van der Waals surface area contributed by atoms with Crippen molar-refractivity contribution in [3.05, 3.63) is 53.3 Å². The smallest absolute Gasteiger partial charge is 0.254 e. The highest BCUT2D eigenvalue weighted by Crippen LogP contribution is 2.17. The summed E-state index contributed by atoms with van der Waals surface area (Å²) < 4.78 is 13.1. The molecule has 1 aromatic heterocycles. The molecule has 1 aromatic carbocycles. The summed E-state index contributed by atoms with van der Waals surface area (Å²) in [5, 5.41) is 4.15. The highest BCUT2D eigenvalue weighted by molar-refractivity contribution is 5.95. The number of amides is 1. The Hall–Kier alpha value is -2.18. The molecule has 3 rings (SSSR count). The lowest BCUT2D eigenvalue weighted by atomic mass is 10.1. The fourth-order valence-corrected chi connectivity index (χ4v) is 3.01. The maximum atomic E-state index is 12.9. The summed E-state index contributed by atoms with van der Waals surface area (Å²) in [6, 6.07) is 7.67. The fraction of sp³-hybridized carbons (Fsp3) is 0.474. The number of aryl methyl sites for hydroxylation is 1. The minimum absolute atomic E-state index is 0.00460. The van der Waals surface area contributed by atoms with Crippen LogP contribution in [0.15, 0.2) is 36.7 Å². The first-order valence-electron chi connectivity index (χ1n) is 8.63. The summed E-state index contributed by atoms with van der Waals surface area (Å²) >= 11 is 0. The van der Waals surface area contributed by atoms with Crippen LogP contribution in [-0.4, -0.2) is 47.0 Å². The van der Waals surface area contributed by atoms with Gasteiger partial charge in [-0.1, -0.05) is 18.2 Å². The summed E-state index contributed by atoms with van der Waals surface area (Å²) in [7, 11) is 3.68. The summed E-state index contributed by atoms with van der Waals surface area (Å²) in [6.45, 7) is 2.48. The SMILES string of the molecule is CN(Cc1cnn(C)c1)C(=O)c1ccccc1COC1CCOCC1. The molecule has 25 heavy (non-hydrogen) atoms. The molecule has 134 valence electrons. The minimum atomic E-state index is -0.00460. The molecule has 1 amide bonds. The molecule has 1 aliphatic rings. The van der Waals surface area contributed by atoms with Crippen LogP contribution in [0.5, 0.6) is 0 Å². The Morgan fingerprint density at radius 2 is 2.12 bits per heavy atom. The number of rotatable bonds is 6. The van der Waals surface area contributed by atoms with Gasteiger partial charge in [-0.05, 0) is 24.5 Å². The van der Waals surface area contributed by atoms with E-state index in [0.29, 0.717) is 18.7 Å². The van der Waals surface area contributed by atoms with Crippen LogP contribution in [0.2, 0.25) is 0 Å². The van der Waals surface area contributed by atoms with E-state index in [-0.39, 0.29) is 12.0 Å². The third-order valence-electron chi connectivity index (χ3n) is 4.42. The number of nitrogens with zero attached hydrogens (tertiary/aromatic N) is 3. The number of hydrogen-bond acceptors (Lipinski definition) is 4. The Balaban J connectivity index is 1.65.